The molecule has 0 amide bonds. The molecule has 2 N–H and O–H groups in total. The van der Waals surface area contributed by atoms with Gasteiger partial charge >= 0.3 is 0 Å². The van der Waals surface area contributed by atoms with Crippen molar-refractivity contribution in [1.29, 1.82) is 5.26 Å². The minimum atomic E-state index is -0.628. The molecule has 1 aromatic carbocycles. The maximum absolute atomic E-state index is 13.4. The number of nitriles is 1. The molecule has 0 aliphatic rings. The van der Waals surface area contributed by atoms with Gasteiger partial charge in [0.2, 0.25) is 0 Å². The lowest BCUT2D eigenvalue weighted by molar-refractivity contribution is 0.574. The summed E-state index contributed by atoms with van der Waals surface area (Å²) in [5.74, 6) is -0.489. The van der Waals surface area contributed by atoms with Crippen LogP contribution in [-0.2, 0) is 6.54 Å². The summed E-state index contributed by atoms with van der Waals surface area (Å²) in [7, 11) is 0. The fraction of sp³-hybridized carbons (Fsp3) is 0.0833. The molecule has 7 heteroatoms. The third kappa shape index (κ3) is 3.35. The van der Waals surface area contributed by atoms with Crippen LogP contribution in [0.15, 0.2) is 30.6 Å². The van der Waals surface area contributed by atoms with Gasteiger partial charge in [-0.1, -0.05) is 6.07 Å². The summed E-state index contributed by atoms with van der Waals surface area (Å²) < 4.78 is 26.1. The lowest BCUT2D eigenvalue weighted by atomic mass is 10.2. The van der Waals surface area contributed by atoms with Gasteiger partial charge in [-0.05, 0) is 6.07 Å². The molecule has 0 atom stereocenters. The van der Waals surface area contributed by atoms with Gasteiger partial charge in [0.25, 0.3) is 0 Å². The van der Waals surface area contributed by atoms with E-state index < -0.39 is 11.6 Å². The van der Waals surface area contributed by atoms with E-state index in [1.54, 1.807) is 6.19 Å². The van der Waals surface area contributed by atoms with Crippen LogP contribution in [0.3, 0.4) is 0 Å². The molecule has 1 heterocycles. The maximum atomic E-state index is 13.4. The highest BCUT2D eigenvalue weighted by atomic mass is 19.1. The van der Waals surface area contributed by atoms with E-state index in [1.165, 1.54) is 24.5 Å². The highest BCUT2D eigenvalue weighted by molar-refractivity contribution is 5.48. The fourth-order valence-corrected chi connectivity index (χ4v) is 1.43. The van der Waals surface area contributed by atoms with Crippen LogP contribution in [0.5, 0.6) is 0 Å². The Balaban J connectivity index is 2.06. The normalized spacial score (nSPS) is 9.74. The zero-order chi connectivity index (χ0) is 13.7. The summed E-state index contributed by atoms with van der Waals surface area (Å²) in [5, 5.41) is 13.7. The zero-order valence-corrected chi connectivity index (χ0v) is 9.69. The minimum Gasteiger partial charge on any atom is -0.366 e. The van der Waals surface area contributed by atoms with Crippen molar-refractivity contribution in [2.24, 2.45) is 0 Å². The Hall–Kier alpha value is -2.75. The standard InChI is InChI=1S/C12H9F2N5/c13-9-2-1-8(10(14)3-9)5-16-11-4-12(17-6-15)19-7-18-11/h1-4,7H,5H2,(H2,16,17,18,19). The number of benzene rings is 1. The van der Waals surface area contributed by atoms with E-state index in [2.05, 4.69) is 20.6 Å². The molecule has 2 aromatic rings. The van der Waals surface area contributed by atoms with Crippen molar-refractivity contribution in [3.63, 3.8) is 0 Å². The van der Waals surface area contributed by atoms with Gasteiger partial charge in [-0.3, -0.25) is 5.32 Å². The van der Waals surface area contributed by atoms with E-state index in [0.29, 0.717) is 17.2 Å². The molecule has 0 radical (unpaired) electrons. The maximum Gasteiger partial charge on any atom is 0.182 e. The molecule has 19 heavy (non-hydrogen) atoms. The molecule has 0 spiro atoms. The molecular weight excluding hydrogens is 252 g/mol. The summed E-state index contributed by atoms with van der Waals surface area (Å²) in [5.41, 5.74) is 0.315. The molecule has 1 aromatic heterocycles. The highest BCUT2D eigenvalue weighted by Gasteiger charge is 2.04. The first kappa shape index (κ1) is 12.7. The minimum absolute atomic E-state index is 0.148. The average Bonchev–Trinajstić information content (AvgIpc) is 2.38. The Labute approximate surface area is 107 Å². The van der Waals surface area contributed by atoms with E-state index >= 15 is 0 Å². The quantitative estimate of drug-likeness (QED) is 0.652. The van der Waals surface area contributed by atoms with E-state index in [-0.39, 0.29) is 6.54 Å². The van der Waals surface area contributed by atoms with Crippen LogP contribution in [0.2, 0.25) is 0 Å². The second kappa shape index (κ2) is 5.73. The van der Waals surface area contributed by atoms with Gasteiger partial charge < -0.3 is 5.32 Å². The van der Waals surface area contributed by atoms with Crippen LogP contribution in [0, 0.1) is 23.1 Å². The van der Waals surface area contributed by atoms with Gasteiger partial charge in [0.15, 0.2) is 6.19 Å². The largest absolute Gasteiger partial charge is 0.366 e. The summed E-state index contributed by atoms with van der Waals surface area (Å²) >= 11 is 0. The fourth-order valence-electron chi connectivity index (χ4n) is 1.43. The molecule has 2 rings (SSSR count). The highest BCUT2D eigenvalue weighted by Crippen LogP contribution is 2.13. The van der Waals surface area contributed by atoms with Crippen LogP contribution in [-0.4, -0.2) is 9.97 Å². The topological polar surface area (TPSA) is 73.6 Å². The number of hydrogen-bond donors (Lipinski definition) is 2. The SMILES string of the molecule is N#CNc1cc(NCc2ccc(F)cc2F)ncn1. The smallest absolute Gasteiger partial charge is 0.182 e. The van der Waals surface area contributed by atoms with Crippen molar-refractivity contribution in [2.45, 2.75) is 6.54 Å². The number of nitrogens with one attached hydrogen (secondary N) is 2. The molecule has 0 fully saturated rings. The average molecular weight is 261 g/mol. The van der Waals surface area contributed by atoms with Gasteiger partial charge in [0.1, 0.15) is 29.6 Å². The number of hydrogen-bond acceptors (Lipinski definition) is 5. The lowest BCUT2D eigenvalue weighted by Crippen LogP contribution is -2.04. The third-order valence-corrected chi connectivity index (χ3v) is 2.33. The van der Waals surface area contributed by atoms with Gasteiger partial charge in [-0.2, -0.15) is 5.26 Å². The number of rotatable bonds is 4. The zero-order valence-electron chi connectivity index (χ0n) is 9.69. The van der Waals surface area contributed by atoms with E-state index in [1.807, 2.05) is 0 Å². The second-order valence-corrected chi connectivity index (χ2v) is 3.61. The van der Waals surface area contributed by atoms with Gasteiger partial charge in [-0.25, -0.2) is 18.7 Å². The van der Waals surface area contributed by atoms with Crippen LogP contribution in [0.4, 0.5) is 20.4 Å². The number of nitrogens with zero attached hydrogens (tertiary/aromatic N) is 3. The molecule has 96 valence electrons. The molecule has 0 aliphatic carbocycles. The molecule has 0 aliphatic heterocycles. The van der Waals surface area contributed by atoms with Crippen molar-refractivity contribution in [2.75, 3.05) is 10.6 Å². The second-order valence-electron chi connectivity index (χ2n) is 3.61. The Bertz CT molecular complexity index is 624. The van der Waals surface area contributed by atoms with Crippen LogP contribution in [0.1, 0.15) is 5.56 Å². The van der Waals surface area contributed by atoms with Gasteiger partial charge in [0.05, 0.1) is 0 Å². The Kier molecular flexibility index (Phi) is 3.83. The van der Waals surface area contributed by atoms with E-state index in [0.717, 1.165) is 6.07 Å². The number of aromatic nitrogens is 2. The predicted octanol–water partition coefficient (Wildman–Crippen LogP) is 2.26. The first-order chi connectivity index (χ1) is 9.19. The van der Waals surface area contributed by atoms with Crippen LogP contribution in [0.25, 0.3) is 0 Å². The van der Waals surface area contributed by atoms with Crippen LogP contribution >= 0.6 is 0 Å². The molecule has 0 saturated carbocycles. The van der Waals surface area contributed by atoms with Crippen molar-refractivity contribution >= 4 is 11.6 Å². The molecule has 0 saturated heterocycles. The first-order valence-corrected chi connectivity index (χ1v) is 5.34. The molecule has 0 unspecified atom stereocenters. The van der Waals surface area contributed by atoms with Crippen molar-refractivity contribution in [3.8, 4) is 6.19 Å². The summed E-state index contributed by atoms with van der Waals surface area (Å²) in [4.78, 5) is 7.72. The lowest BCUT2D eigenvalue weighted by Gasteiger charge is -2.07. The Morgan fingerprint density at radius 3 is 2.68 bits per heavy atom. The number of anilines is 2. The summed E-state index contributed by atoms with van der Waals surface area (Å²) in [6, 6.07) is 4.86. The van der Waals surface area contributed by atoms with E-state index in [9.17, 15) is 8.78 Å². The van der Waals surface area contributed by atoms with Crippen molar-refractivity contribution < 1.29 is 8.78 Å². The molecular formula is C12H9F2N5. The Morgan fingerprint density at radius 2 is 1.95 bits per heavy atom. The van der Waals surface area contributed by atoms with Gasteiger partial charge in [-0.15, -0.1) is 0 Å². The van der Waals surface area contributed by atoms with Crippen molar-refractivity contribution in [3.05, 3.63) is 47.8 Å². The molecule has 0 bridgehead atoms. The first-order valence-electron chi connectivity index (χ1n) is 5.34. The number of halogens is 2. The van der Waals surface area contributed by atoms with Gasteiger partial charge in [0, 0.05) is 24.2 Å². The van der Waals surface area contributed by atoms with Crippen LogP contribution < -0.4 is 10.6 Å². The Morgan fingerprint density at radius 1 is 1.16 bits per heavy atom. The monoisotopic (exact) mass is 261 g/mol. The van der Waals surface area contributed by atoms with Crippen molar-refractivity contribution in [1.82, 2.24) is 9.97 Å². The summed E-state index contributed by atoms with van der Waals surface area (Å²) in [6.45, 7) is 0.148. The predicted molar refractivity (Wildman–Crippen MR) is 65.0 cm³/mol. The third-order valence-electron chi connectivity index (χ3n) is 2.33. The van der Waals surface area contributed by atoms with E-state index in [4.69, 9.17) is 5.26 Å². The molecule has 5 nitrogen and oxygen atoms in total. The summed E-state index contributed by atoms with van der Waals surface area (Å²) in [6.07, 6.45) is 3.00.